The summed E-state index contributed by atoms with van der Waals surface area (Å²) in [7, 11) is 0. The van der Waals surface area contributed by atoms with Crippen LogP contribution in [0, 0.1) is 0 Å². The molecule has 3 rings (SSSR count). The molecule has 0 radical (unpaired) electrons. The molecule has 0 saturated carbocycles. The van der Waals surface area contributed by atoms with Gasteiger partial charge in [-0.2, -0.15) is 8.78 Å². The summed E-state index contributed by atoms with van der Waals surface area (Å²) in [5.74, 6) is -0.383. The zero-order chi connectivity index (χ0) is 19.9. The highest BCUT2D eigenvalue weighted by atomic mass is 32.1. The predicted molar refractivity (Wildman–Crippen MR) is 99.1 cm³/mol. The van der Waals surface area contributed by atoms with Crippen LogP contribution in [0.2, 0.25) is 0 Å². The van der Waals surface area contributed by atoms with Crippen LogP contribution in [-0.4, -0.2) is 37.8 Å². The molecular weight excluding hydrogens is 392 g/mol. The van der Waals surface area contributed by atoms with Crippen LogP contribution in [0.5, 0.6) is 5.75 Å². The third-order valence-electron chi connectivity index (χ3n) is 3.37. The van der Waals surface area contributed by atoms with Crippen molar-refractivity contribution in [2.75, 3.05) is 5.32 Å². The molecule has 144 valence electrons. The van der Waals surface area contributed by atoms with Gasteiger partial charge in [-0.15, -0.1) is 5.10 Å². The molecular formula is C16H13F2N7O2S. The summed E-state index contributed by atoms with van der Waals surface area (Å²) in [4.78, 5) is 12.2. The fourth-order valence-electron chi connectivity index (χ4n) is 2.11. The molecule has 0 aliphatic rings. The Balaban J connectivity index is 1.49. The normalized spacial score (nSPS) is 10.4. The number of tetrazole rings is 1. The highest BCUT2D eigenvalue weighted by Gasteiger charge is 2.08. The molecule has 12 heteroatoms. The van der Waals surface area contributed by atoms with E-state index in [-0.39, 0.29) is 10.9 Å². The molecule has 1 aromatic heterocycles. The maximum absolute atomic E-state index is 12.2. The van der Waals surface area contributed by atoms with E-state index in [9.17, 15) is 13.6 Å². The fourth-order valence-corrected chi connectivity index (χ4v) is 2.28. The van der Waals surface area contributed by atoms with E-state index in [1.165, 1.54) is 35.3 Å². The molecule has 3 aromatic rings. The number of rotatable bonds is 5. The predicted octanol–water partition coefficient (Wildman–Crippen LogP) is 1.90. The number of carbonyl (C=O) groups is 1. The SMILES string of the molecule is O=C(NNC(=S)Nc1ccc(OC(F)F)cc1)c1ccc(-n2cnnn2)cc1. The number of thiocarbonyl (C=S) groups is 1. The molecule has 3 N–H and O–H groups in total. The second-order valence-electron chi connectivity index (χ2n) is 5.24. The van der Waals surface area contributed by atoms with Gasteiger partial charge in [-0.25, -0.2) is 4.68 Å². The summed E-state index contributed by atoms with van der Waals surface area (Å²) in [5.41, 5.74) is 6.61. The van der Waals surface area contributed by atoms with Gasteiger partial charge >= 0.3 is 6.61 Å². The number of benzene rings is 2. The van der Waals surface area contributed by atoms with Crippen LogP contribution < -0.4 is 20.9 Å². The van der Waals surface area contributed by atoms with Gasteiger partial charge in [0.15, 0.2) is 5.11 Å². The Bertz CT molecular complexity index is 935. The Morgan fingerprint density at radius 3 is 2.39 bits per heavy atom. The average molecular weight is 405 g/mol. The average Bonchev–Trinajstić information content (AvgIpc) is 3.22. The van der Waals surface area contributed by atoms with Crippen molar-refractivity contribution in [3.05, 3.63) is 60.4 Å². The zero-order valence-corrected chi connectivity index (χ0v) is 14.9. The lowest BCUT2D eigenvalue weighted by Gasteiger charge is -2.12. The molecule has 0 atom stereocenters. The van der Waals surface area contributed by atoms with Crippen LogP contribution in [-0.2, 0) is 0 Å². The van der Waals surface area contributed by atoms with Crippen LogP contribution in [0.1, 0.15) is 10.4 Å². The minimum Gasteiger partial charge on any atom is -0.435 e. The van der Waals surface area contributed by atoms with Crippen LogP contribution in [0.4, 0.5) is 14.5 Å². The summed E-state index contributed by atoms with van der Waals surface area (Å²) in [6.07, 6.45) is 1.44. The van der Waals surface area contributed by atoms with Crippen LogP contribution >= 0.6 is 12.2 Å². The number of carbonyl (C=O) groups excluding carboxylic acids is 1. The molecule has 0 saturated heterocycles. The Hall–Kier alpha value is -3.67. The molecule has 28 heavy (non-hydrogen) atoms. The van der Waals surface area contributed by atoms with Crippen LogP contribution in [0.25, 0.3) is 5.69 Å². The first-order valence-corrected chi connectivity index (χ1v) is 8.18. The summed E-state index contributed by atoms with van der Waals surface area (Å²) in [6.45, 7) is -2.89. The van der Waals surface area contributed by atoms with Crippen molar-refractivity contribution < 1.29 is 18.3 Å². The van der Waals surface area contributed by atoms with Gasteiger partial charge in [0.25, 0.3) is 5.91 Å². The van der Waals surface area contributed by atoms with Gasteiger partial charge in [-0.1, -0.05) is 0 Å². The molecule has 0 bridgehead atoms. The molecule has 2 aromatic carbocycles. The number of nitrogens with one attached hydrogen (secondary N) is 3. The molecule has 1 amide bonds. The minimum absolute atomic E-state index is 0.0258. The third kappa shape index (κ3) is 5.17. The quantitative estimate of drug-likeness (QED) is 0.437. The second kappa shape index (κ2) is 8.81. The maximum Gasteiger partial charge on any atom is 0.387 e. The van der Waals surface area contributed by atoms with E-state index in [2.05, 4.69) is 36.4 Å². The van der Waals surface area contributed by atoms with Gasteiger partial charge in [-0.3, -0.25) is 15.6 Å². The van der Waals surface area contributed by atoms with Crippen LogP contribution in [0.3, 0.4) is 0 Å². The van der Waals surface area contributed by atoms with Crippen molar-refractivity contribution in [2.24, 2.45) is 0 Å². The molecule has 0 aliphatic carbocycles. The first-order valence-electron chi connectivity index (χ1n) is 7.77. The lowest BCUT2D eigenvalue weighted by atomic mass is 10.2. The number of hydrazine groups is 1. The highest BCUT2D eigenvalue weighted by molar-refractivity contribution is 7.80. The summed E-state index contributed by atoms with van der Waals surface area (Å²) >= 11 is 5.07. The number of hydrogen-bond donors (Lipinski definition) is 3. The number of alkyl halides is 2. The van der Waals surface area contributed by atoms with Crippen molar-refractivity contribution in [3.63, 3.8) is 0 Å². The Morgan fingerprint density at radius 1 is 1.07 bits per heavy atom. The van der Waals surface area contributed by atoms with E-state index in [4.69, 9.17) is 12.2 Å². The van der Waals surface area contributed by atoms with Gasteiger partial charge in [0.1, 0.15) is 12.1 Å². The Kier molecular flexibility index (Phi) is 6.01. The standard InChI is InChI=1S/C16H13F2N7O2S/c17-15(18)27-13-7-3-11(4-8-13)20-16(28)22-21-14(26)10-1-5-12(6-2-10)25-9-19-23-24-25/h1-9,15H,(H,21,26)(H2,20,22,28). The molecule has 1 heterocycles. The van der Waals surface area contributed by atoms with Gasteiger partial charge in [0, 0.05) is 11.3 Å². The van der Waals surface area contributed by atoms with E-state index in [0.29, 0.717) is 16.9 Å². The Morgan fingerprint density at radius 2 is 1.79 bits per heavy atom. The monoisotopic (exact) mass is 405 g/mol. The van der Waals surface area contributed by atoms with Gasteiger partial charge < -0.3 is 10.1 Å². The van der Waals surface area contributed by atoms with E-state index >= 15 is 0 Å². The number of aromatic nitrogens is 4. The van der Waals surface area contributed by atoms with E-state index in [0.717, 1.165) is 0 Å². The number of nitrogens with zero attached hydrogens (tertiary/aromatic N) is 4. The number of amides is 1. The van der Waals surface area contributed by atoms with E-state index in [1.54, 1.807) is 24.3 Å². The van der Waals surface area contributed by atoms with Crippen molar-refractivity contribution in [3.8, 4) is 11.4 Å². The maximum atomic E-state index is 12.2. The number of anilines is 1. The summed E-state index contributed by atoms with van der Waals surface area (Å²) < 4.78 is 30.0. The molecule has 0 unspecified atom stereocenters. The third-order valence-corrected chi connectivity index (χ3v) is 3.57. The largest absolute Gasteiger partial charge is 0.435 e. The topological polar surface area (TPSA) is 106 Å². The van der Waals surface area contributed by atoms with Gasteiger partial charge in [0.2, 0.25) is 0 Å². The van der Waals surface area contributed by atoms with Crippen molar-refractivity contribution in [2.45, 2.75) is 6.61 Å². The molecule has 0 aliphatic heterocycles. The number of ether oxygens (including phenoxy) is 1. The summed E-state index contributed by atoms with van der Waals surface area (Å²) in [6, 6.07) is 12.3. The molecule has 0 fully saturated rings. The zero-order valence-electron chi connectivity index (χ0n) is 14.0. The van der Waals surface area contributed by atoms with Gasteiger partial charge in [0.05, 0.1) is 5.69 Å². The Labute approximate surface area is 162 Å². The number of hydrogen-bond acceptors (Lipinski definition) is 6. The first kappa shape index (κ1) is 19.1. The first-order chi connectivity index (χ1) is 13.5. The lowest BCUT2D eigenvalue weighted by molar-refractivity contribution is -0.0498. The minimum atomic E-state index is -2.89. The highest BCUT2D eigenvalue weighted by Crippen LogP contribution is 2.17. The van der Waals surface area contributed by atoms with Crippen LogP contribution in [0.15, 0.2) is 54.9 Å². The van der Waals surface area contributed by atoms with Crippen molar-refractivity contribution >= 4 is 28.9 Å². The lowest BCUT2D eigenvalue weighted by Crippen LogP contribution is -2.43. The number of halogens is 2. The molecule has 0 spiro atoms. The second-order valence-corrected chi connectivity index (χ2v) is 5.65. The van der Waals surface area contributed by atoms with Gasteiger partial charge in [-0.05, 0) is 71.2 Å². The van der Waals surface area contributed by atoms with E-state index in [1.807, 2.05) is 0 Å². The fraction of sp³-hybridized carbons (Fsp3) is 0.0625. The van der Waals surface area contributed by atoms with Crippen molar-refractivity contribution in [1.29, 1.82) is 0 Å². The molecule has 9 nitrogen and oxygen atoms in total. The smallest absolute Gasteiger partial charge is 0.387 e. The summed E-state index contributed by atoms with van der Waals surface area (Å²) in [5, 5.41) is 13.7. The van der Waals surface area contributed by atoms with E-state index < -0.39 is 12.5 Å². The van der Waals surface area contributed by atoms with Crippen molar-refractivity contribution in [1.82, 2.24) is 31.1 Å².